The van der Waals surface area contributed by atoms with Gasteiger partial charge in [-0.3, -0.25) is 28.8 Å². The molecule has 4 heterocycles. The molecule has 2 aromatic heterocycles. The molecule has 2 saturated heterocycles. The summed E-state index contributed by atoms with van der Waals surface area (Å²) in [4.78, 5) is 60.2. The van der Waals surface area contributed by atoms with Gasteiger partial charge < -0.3 is 20.2 Å². The van der Waals surface area contributed by atoms with E-state index in [0.29, 0.717) is 46.7 Å². The van der Waals surface area contributed by atoms with E-state index < -0.39 is 41.4 Å². The van der Waals surface area contributed by atoms with Gasteiger partial charge in [-0.1, -0.05) is 12.1 Å². The minimum Gasteiger partial charge on any atom is -0.386 e. The molecule has 3 amide bonds. The number of halogens is 4. The fourth-order valence-corrected chi connectivity index (χ4v) is 10.6. The summed E-state index contributed by atoms with van der Waals surface area (Å²) in [6.07, 6.45) is -1.11. The van der Waals surface area contributed by atoms with E-state index in [2.05, 4.69) is 15.5 Å². The van der Waals surface area contributed by atoms with E-state index in [1.165, 1.54) is 32.6 Å². The van der Waals surface area contributed by atoms with Gasteiger partial charge in [0, 0.05) is 55.3 Å². The number of aromatic nitrogens is 3. The average Bonchev–Trinajstić information content (AvgIpc) is 3.74. The molecule has 8 rings (SSSR count). The van der Waals surface area contributed by atoms with Crippen molar-refractivity contribution in [3.8, 4) is 0 Å². The van der Waals surface area contributed by atoms with Crippen LogP contribution in [0, 0.1) is 5.92 Å². The number of alkyl halides is 4. The smallest absolute Gasteiger partial charge is 0.386 e. The lowest BCUT2D eigenvalue weighted by Gasteiger charge is -2.42. The van der Waals surface area contributed by atoms with Crippen molar-refractivity contribution in [2.45, 2.75) is 94.7 Å². The Hall–Kier alpha value is -5.13. The highest BCUT2D eigenvalue weighted by Gasteiger charge is 2.37. The molecule has 324 valence electrons. The number of aryl methyl sites for hydroxylation is 1. The number of thiazole rings is 1. The number of fused-ring (bicyclic) bond motifs is 2. The zero-order valence-electron chi connectivity index (χ0n) is 34.4. The number of amides is 3. The van der Waals surface area contributed by atoms with Crippen molar-refractivity contribution in [3.63, 3.8) is 0 Å². The summed E-state index contributed by atoms with van der Waals surface area (Å²) in [6.45, 7) is 4.64. The number of benzene rings is 3. The molecule has 12 nitrogen and oxygen atoms in total. The highest BCUT2D eigenvalue weighted by Crippen LogP contribution is 2.42. The first-order chi connectivity index (χ1) is 28.9. The first-order valence-electron chi connectivity index (χ1n) is 20.7. The van der Waals surface area contributed by atoms with E-state index in [1.807, 2.05) is 24.1 Å². The van der Waals surface area contributed by atoms with E-state index in [4.69, 9.17) is 4.98 Å². The largest absolute Gasteiger partial charge is 0.416 e. The molecule has 0 radical (unpaired) electrons. The Kier molecular flexibility index (Phi) is 11.4. The van der Waals surface area contributed by atoms with E-state index in [-0.39, 0.29) is 48.5 Å². The number of rotatable bonds is 9. The molecule has 0 bridgehead atoms. The van der Waals surface area contributed by atoms with Crippen LogP contribution in [-0.2, 0) is 28.4 Å². The maximum absolute atomic E-state index is 16.2. The molecule has 3 atom stereocenters. The van der Waals surface area contributed by atoms with Crippen molar-refractivity contribution in [2.24, 2.45) is 13.0 Å². The number of anilines is 2. The molecule has 17 heteroatoms. The lowest BCUT2D eigenvalue weighted by Crippen LogP contribution is -2.52. The van der Waals surface area contributed by atoms with E-state index in [0.717, 1.165) is 59.8 Å². The van der Waals surface area contributed by atoms with Crippen LogP contribution in [0.25, 0.3) is 21.3 Å². The third-order valence-electron chi connectivity index (χ3n) is 12.7. The maximum Gasteiger partial charge on any atom is 0.416 e. The third kappa shape index (κ3) is 8.43. The molecule has 2 aliphatic heterocycles. The quantitative estimate of drug-likeness (QED) is 0.104. The maximum atomic E-state index is 16.2. The molecule has 61 heavy (non-hydrogen) atoms. The van der Waals surface area contributed by atoms with Crippen molar-refractivity contribution in [2.75, 3.05) is 36.9 Å². The molecular formula is C44H49F4N7O5S. The summed E-state index contributed by atoms with van der Waals surface area (Å²) in [5.41, 5.74) is 0.460. The zero-order valence-corrected chi connectivity index (χ0v) is 35.2. The Bertz CT molecular complexity index is 2570. The second kappa shape index (κ2) is 16.3. The summed E-state index contributed by atoms with van der Waals surface area (Å²) >= 11 is 1.51. The average molecular weight is 864 g/mol. The van der Waals surface area contributed by atoms with Gasteiger partial charge in [-0.05, 0) is 108 Å². The van der Waals surface area contributed by atoms with Gasteiger partial charge in [-0.2, -0.15) is 13.2 Å². The van der Waals surface area contributed by atoms with Gasteiger partial charge in [-0.25, -0.2) is 14.2 Å². The first-order valence-corrected chi connectivity index (χ1v) is 21.5. The molecule has 1 saturated carbocycles. The molecule has 1 aliphatic carbocycles. The zero-order chi connectivity index (χ0) is 43.5. The Balaban J connectivity index is 0.900. The minimum absolute atomic E-state index is 0.144. The van der Waals surface area contributed by atoms with Gasteiger partial charge in [-0.15, -0.1) is 11.3 Å². The molecular weight excluding hydrogens is 815 g/mol. The Labute approximate surface area is 353 Å². The van der Waals surface area contributed by atoms with Crippen LogP contribution in [0.2, 0.25) is 0 Å². The van der Waals surface area contributed by atoms with Gasteiger partial charge in [0.1, 0.15) is 12.2 Å². The van der Waals surface area contributed by atoms with Crippen LogP contribution < -0.4 is 21.2 Å². The van der Waals surface area contributed by atoms with E-state index in [9.17, 15) is 37.5 Å². The number of imidazole rings is 1. The van der Waals surface area contributed by atoms with Crippen molar-refractivity contribution >= 4 is 61.7 Å². The van der Waals surface area contributed by atoms with Gasteiger partial charge in [0.2, 0.25) is 11.8 Å². The fourth-order valence-electron chi connectivity index (χ4n) is 9.45. The Morgan fingerprint density at radius 2 is 1.75 bits per heavy atom. The van der Waals surface area contributed by atoms with Gasteiger partial charge in [0.05, 0.1) is 49.7 Å². The van der Waals surface area contributed by atoms with E-state index in [1.54, 1.807) is 39.1 Å². The van der Waals surface area contributed by atoms with Crippen LogP contribution in [0.4, 0.5) is 28.9 Å². The molecule has 5 aromatic rings. The summed E-state index contributed by atoms with van der Waals surface area (Å²) in [5, 5.41) is 17.0. The molecule has 3 fully saturated rings. The predicted molar refractivity (Wildman–Crippen MR) is 226 cm³/mol. The lowest BCUT2D eigenvalue weighted by atomic mass is 9.81. The van der Waals surface area contributed by atoms with Crippen LogP contribution in [0.5, 0.6) is 0 Å². The number of hydrogen-bond donors (Lipinski definition) is 3. The molecule has 3 N–H and O–H groups in total. The molecule has 1 unspecified atom stereocenters. The summed E-state index contributed by atoms with van der Waals surface area (Å²) in [5.74, 6) is -1.01. The van der Waals surface area contributed by atoms with Crippen LogP contribution in [0.1, 0.15) is 97.2 Å². The normalized spacial score (nSPS) is 22.9. The number of carbonyl (C=O) groups is 3. The van der Waals surface area contributed by atoms with Crippen LogP contribution >= 0.6 is 11.3 Å². The minimum atomic E-state index is -4.60. The second-order valence-corrected chi connectivity index (χ2v) is 18.4. The van der Waals surface area contributed by atoms with Crippen LogP contribution in [0.3, 0.4) is 0 Å². The molecule has 3 aliphatic rings. The third-order valence-corrected chi connectivity index (χ3v) is 13.8. The summed E-state index contributed by atoms with van der Waals surface area (Å²) in [7, 11) is 3.64. The molecule has 3 aromatic carbocycles. The summed E-state index contributed by atoms with van der Waals surface area (Å²) < 4.78 is 59.9. The van der Waals surface area contributed by atoms with Crippen molar-refractivity contribution in [1.29, 1.82) is 0 Å². The predicted octanol–water partition coefficient (Wildman–Crippen LogP) is 7.25. The number of aliphatic hydroxyl groups is 1. The van der Waals surface area contributed by atoms with Crippen LogP contribution in [0.15, 0.2) is 59.4 Å². The first kappa shape index (κ1) is 42.6. The Morgan fingerprint density at radius 3 is 2.44 bits per heavy atom. The summed E-state index contributed by atoms with van der Waals surface area (Å²) in [6, 6.07) is 12.1. The van der Waals surface area contributed by atoms with E-state index >= 15 is 4.39 Å². The molecule has 0 spiro atoms. The number of carbonyl (C=O) groups excluding carboxylic acids is 3. The highest BCUT2D eigenvalue weighted by atomic mass is 32.1. The standard InChI is InChI=1S/C44H49F4N7O5S/c1-43(2,60)28-20-31-36(21-30(28)49-39(57)26-7-5-8-27(19-26)44(46,47)48)61-41(50-31)25-13-11-24(12-14-25)22-52(3)32-17-18-54(23-29(32)45)33-9-6-10-34-38(33)53(4)42(59)55(34)35-15-16-37(56)51-40(35)58/h5-10,19-21,24-25,29,32,35,60H,11-18,22-23H2,1-4H3,(H,49,57)(H,51,56,58)/t24?,25?,29-,32-,35?/m0/s1. The number of hydrogen-bond acceptors (Lipinski definition) is 9. The SMILES string of the molecule is CN(CC1CCC(c2nc3cc(C(C)(C)O)c(NC(=O)c4cccc(C(F)(F)F)c4)cc3s2)CC1)[C@H]1CCN(c2cccc3c2n(C)c(=O)n3C2CCC(=O)NC2=O)C[C@@H]1F. The Morgan fingerprint density at radius 1 is 1.02 bits per heavy atom. The van der Waals surface area contributed by atoms with Crippen molar-refractivity contribution < 1.29 is 37.1 Å². The monoisotopic (exact) mass is 863 g/mol. The van der Waals surface area contributed by atoms with Gasteiger partial charge >= 0.3 is 11.9 Å². The second-order valence-electron chi connectivity index (χ2n) is 17.3. The highest BCUT2D eigenvalue weighted by molar-refractivity contribution is 7.18. The number of nitrogens with one attached hydrogen (secondary N) is 2. The van der Waals surface area contributed by atoms with Crippen molar-refractivity contribution in [3.05, 3.63) is 86.8 Å². The van der Waals surface area contributed by atoms with Crippen molar-refractivity contribution in [1.82, 2.24) is 24.3 Å². The number of para-hydroxylation sites is 1. The van der Waals surface area contributed by atoms with Gasteiger partial charge in [0.15, 0.2) is 0 Å². The number of imide groups is 1. The fraction of sp³-hybridized carbons (Fsp3) is 0.477. The lowest BCUT2D eigenvalue weighted by molar-refractivity contribution is -0.138. The van der Waals surface area contributed by atoms with Crippen LogP contribution in [-0.4, -0.2) is 80.7 Å². The number of nitrogens with zero attached hydrogens (tertiary/aromatic N) is 5. The number of piperidine rings is 2. The van der Waals surface area contributed by atoms with Gasteiger partial charge in [0.25, 0.3) is 5.91 Å². The topological polar surface area (TPSA) is 142 Å².